The largest absolute Gasteiger partial charge is 0.482 e. The molecule has 0 aromatic heterocycles. The molecule has 0 bridgehead atoms. The molecule has 0 heterocycles. The van der Waals surface area contributed by atoms with E-state index in [9.17, 15) is 18.0 Å². The van der Waals surface area contributed by atoms with Crippen LogP contribution in [-0.4, -0.2) is 39.3 Å². The van der Waals surface area contributed by atoms with Crippen LogP contribution >= 0.6 is 0 Å². The summed E-state index contributed by atoms with van der Waals surface area (Å²) in [5.41, 5.74) is 6.76. The second kappa shape index (κ2) is 6.36. The van der Waals surface area contributed by atoms with Crippen LogP contribution < -0.4 is 20.7 Å². The number of ether oxygens (including phenoxy) is 1. The molecule has 0 atom stereocenters. The molecule has 0 fully saturated rings. The fourth-order valence-corrected chi connectivity index (χ4v) is 1.32. The van der Waals surface area contributed by atoms with E-state index in [2.05, 4.69) is 0 Å². The van der Waals surface area contributed by atoms with Gasteiger partial charge in [-0.1, -0.05) is 0 Å². The number of nitrogen functional groups attached to an aromatic ring is 1. The van der Waals surface area contributed by atoms with Gasteiger partial charge in [-0.05, 0) is 12.1 Å². The minimum atomic E-state index is -4.44. The highest BCUT2D eigenvalue weighted by Gasteiger charge is 2.27. The van der Waals surface area contributed by atoms with Crippen molar-refractivity contribution in [2.75, 3.05) is 37.9 Å². The zero-order valence-electron chi connectivity index (χ0n) is 11.1. The summed E-state index contributed by atoms with van der Waals surface area (Å²) in [7, 11) is 3.62. The van der Waals surface area contributed by atoms with Gasteiger partial charge in [-0.2, -0.15) is 13.2 Å². The third kappa shape index (κ3) is 5.25. The summed E-state index contributed by atoms with van der Waals surface area (Å²) in [6.45, 7) is -1.92. The molecule has 1 aromatic carbocycles. The quantitative estimate of drug-likeness (QED) is 0.805. The molecule has 0 unspecified atom stereocenters. The Kier molecular flexibility index (Phi) is 5.06. The lowest BCUT2D eigenvalue weighted by Gasteiger charge is -2.15. The van der Waals surface area contributed by atoms with Gasteiger partial charge in [-0.25, -0.2) is 0 Å². The molecule has 20 heavy (non-hydrogen) atoms. The predicted molar refractivity (Wildman–Crippen MR) is 69.7 cm³/mol. The average Bonchev–Trinajstić information content (AvgIpc) is 2.34. The molecule has 112 valence electrons. The van der Waals surface area contributed by atoms with Crippen LogP contribution in [-0.2, 0) is 4.79 Å². The lowest BCUT2D eigenvalue weighted by molar-refractivity contribution is -0.139. The molecule has 0 saturated carbocycles. The molecular weight excluding hydrogens is 275 g/mol. The molecule has 0 spiro atoms. The number of alkyl halides is 3. The van der Waals surface area contributed by atoms with E-state index in [4.69, 9.17) is 10.5 Å². The predicted octanol–water partition coefficient (Wildman–Crippen LogP) is 1.39. The summed E-state index contributed by atoms with van der Waals surface area (Å²) in [6.07, 6.45) is -4.44. The molecule has 1 aromatic rings. The van der Waals surface area contributed by atoms with Gasteiger partial charge in [0.05, 0.1) is 5.69 Å². The molecular formula is C12H16F3N3O2. The topological polar surface area (TPSA) is 67.6 Å². The number of hydrogen-bond acceptors (Lipinski definition) is 4. The summed E-state index contributed by atoms with van der Waals surface area (Å²) in [5, 5.41) is 1.71. The first-order valence-corrected chi connectivity index (χ1v) is 5.72. The Bertz CT molecular complexity index is 476. The molecule has 1 rings (SSSR count). The van der Waals surface area contributed by atoms with Crippen LogP contribution in [0, 0.1) is 0 Å². The van der Waals surface area contributed by atoms with Crippen LogP contribution in [0.1, 0.15) is 0 Å². The normalized spacial score (nSPS) is 11.1. The van der Waals surface area contributed by atoms with Crippen LogP contribution in [0.4, 0.5) is 24.5 Å². The first kappa shape index (κ1) is 15.9. The highest BCUT2D eigenvalue weighted by atomic mass is 19.4. The maximum Gasteiger partial charge on any atom is 0.405 e. The van der Waals surface area contributed by atoms with Crippen molar-refractivity contribution < 1.29 is 22.7 Å². The molecule has 0 aliphatic rings. The van der Waals surface area contributed by atoms with E-state index in [0.717, 1.165) is 5.69 Å². The first-order chi connectivity index (χ1) is 9.19. The van der Waals surface area contributed by atoms with Crippen molar-refractivity contribution in [3.05, 3.63) is 18.2 Å². The number of nitrogens with one attached hydrogen (secondary N) is 1. The highest BCUT2D eigenvalue weighted by molar-refractivity contribution is 5.78. The molecule has 0 aliphatic carbocycles. The lowest BCUT2D eigenvalue weighted by Crippen LogP contribution is -2.36. The number of hydrogen-bond donors (Lipinski definition) is 2. The number of halogens is 3. The van der Waals surface area contributed by atoms with Gasteiger partial charge in [0.1, 0.15) is 12.3 Å². The minimum absolute atomic E-state index is 0.248. The minimum Gasteiger partial charge on any atom is -0.482 e. The van der Waals surface area contributed by atoms with Crippen molar-refractivity contribution in [1.29, 1.82) is 0 Å². The standard InChI is InChI=1S/C12H16F3N3O2/c1-18(2)8-3-4-9(16)10(5-8)20-6-11(19)17-7-12(13,14)15/h3-5H,6-7,16H2,1-2H3,(H,17,19). The summed E-state index contributed by atoms with van der Waals surface area (Å²) >= 11 is 0. The summed E-state index contributed by atoms with van der Waals surface area (Å²) in [6, 6.07) is 4.95. The summed E-state index contributed by atoms with van der Waals surface area (Å²) < 4.78 is 40.8. The van der Waals surface area contributed by atoms with E-state index in [1.54, 1.807) is 28.4 Å². The van der Waals surface area contributed by atoms with Gasteiger partial charge in [0.15, 0.2) is 6.61 Å². The number of benzene rings is 1. The number of amides is 1. The van der Waals surface area contributed by atoms with Crippen molar-refractivity contribution in [3.63, 3.8) is 0 Å². The number of nitrogens with two attached hydrogens (primary N) is 1. The van der Waals surface area contributed by atoms with Crippen molar-refractivity contribution in [2.24, 2.45) is 0 Å². The summed E-state index contributed by atoms with van der Waals surface area (Å²) in [5.74, 6) is -0.615. The monoisotopic (exact) mass is 291 g/mol. The van der Waals surface area contributed by atoms with E-state index in [-0.39, 0.29) is 5.75 Å². The van der Waals surface area contributed by atoms with E-state index >= 15 is 0 Å². The lowest BCUT2D eigenvalue weighted by atomic mass is 10.2. The van der Waals surface area contributed by atoms with Crippen molar-refractivity contribution >= 4 is 17.3 Å². The Morgan fingerprint density at radius 2 is 2.05 bits per heavy atom. The highest BCUT2D eigenvalue weighted by Crippen LogP contribution is 2.26. The van der Waals surface area contributed by atoms with Gasteiger partial charge in [0, 0.05) is 25.8 Å². The SMILES string of the molecule is CN(C)c1ccc(N)c(OCC(=O)NCC(F)(F)F)c1. The van der Waals surface area contributed by atoms with E-state index in [0.29, 0.717) is 5.69 Å². The molecule has 8 heteroatoms. The fourth-order valence-electron chi connectivity index (χ4n) is 1.32. The maximum absolute atomic E-state index is 11.9. The second-order valence-corrected chi connectivity index (χ2v) is 4.30. The second-order valence-electron chi connectivity index (χ2n) is 4.30. The fraction of sp³-hybridized carbons (Fsp3) is 0.417. The third-order valence-electron chi connectivity index (χ3n) is 2.36. The van der Waals surface area contributed by atoms with Gasteiger partial charge in [-0.15, -0.1) is 0 Å². The van der Waals surface area contributed by atoms with Gasteiger partial charge < -0.3 is 20.7 Å². The Morgan fingerprint density at radius 1 is 1.40 bits per heavy atom. The van der Waals surface area contributed by atoms with Gasteiger partial charge in [-0.3, -0.25) is 4.79 Å². The van der Waals surface area contributed by atoms with E-state index < -0.39 is 25.2 Å². The van der Waals surface area contributed by atoms with Gasteiger partial charge in [0.25, 0.3) is 5.91 Å². The number of rotatable bonds is 5. The van der Waals surface area contributed by atoms with Crippen molar-refractivity contribution in [1.82, 2.24) is 5.32 Å². The molecule has 0 saturated heterocycles. The Balaban J connectivity index is 2.57. The van der Waals surface area contributed by atoms with E-state index in [1.807, 2.05) is 14.1 Å². The average molecular weight is 291 g/mol. The van der Waals surface area contributed by atoms with Crippen molar-refractivity contribution in [3.8, 4) is 5.75 Å². The van der Waals surface area contributed by atoms with E-state index in [1.165, 1.54) is 0 Å². The zero-order chi connectivity index (χ0) is 15.3. The number of anilines is 2. The van der Waals surface area contributed by atoms with Crippen LogP contribution in [0.25, 0.3) is 0 Å². The molecule has 3 N–H and O–H groups in total. The van der Waals surface area contributed by atoms with Gasteiger partial charge >= 0.3 is 6.18 Å². The van der Waals surface area contributed by atoms with Crippen LogP contribution in [0.3, 0.4) is 0 Å². The molecule has 0 aliphatic heterocycles. The molecule has 0 radical (unpaired) electrons. The number of nitrogens with zero attached hydrogens (tertiary/aromatic N) is 1. The van der Waals surface area contributed by atoms with Crippen LogP contribution in [0.15, 0.2) is 18.2 Å². The maximum atomic E-state index is 11.9. The molecule has 5 nitrogen and oxygen atoms in total. The first-order valence-electron chi connectivity index (χ1n) is 5.72. The van der Waals surface area contributed by atoms with Crippen molar-refractivity contribution in [2.45, 2.75) is 6.18 Å². The van der Waals surface area contributed by atoms with Crippen LogP contribution in [0.5, 0.6) is 5.75 Å². The molecule has 1 amide bonds. The smallest absolute Gasteiger partial charge is 0.405 e. The Labute approximate surface area is 114 Å². The Hall–Kier alpha value is -2.12. The third-order valence-corrected chi connectivity index (χ3v) is 2.36. The number of carbonyl (C=O) groups is 1. The van der Waals surface area contributed by atoms with Crippen LogP contribution in [0.2, 0.25) is 0 Å². The Morgan fingerprint density at radius 3 is 2.60 bits per heavy atom. The van der Waals surface area contributed by atoms with Gasteiger partial charge in [0.2, 0.25) is 0 Å². The zero-order valence-corrected chi connectivity index (χ0v) is 11.1. The number of carbonyl (C=O) groups excluding carboxylic acids is 1. The summed E-state index contributed by atoms with van der Waals surface area (Å²) in [4.78, 5) is 13.0.